The van der Waals surface area contributed by atoms with Gasteiger partial charge >= 0.3 is 11.8 Å². The average molecular weight is 430 g/mol. The van der Waals surface area contributed by atoms with Crippen molar-refractivity contribution >= 4 is 23.2 Å². The fourth-order valence-electron chi connectivity index (χ4n) is 3.85. The Morgan fingerprint density at radius 2 is 1.58 bits per heavy atom. The number of carbonyl (C=O) groups is 2. The first-order chi connectivity index (χ1) is 14.8. The Hall–Kier alpha value is -2.97. The smallest absolute Gasteiger partial charge is 0.313 e. The van der Waals surface area contributed by atoms with E-state index in [1.54, 1.807) is 24.3 Å². The van der Waals surface area contributed by atoms with E-state index in [4.69, 9.17) is 0 Å². The summed E-state index contributed by atoms with van der Waals surface area (Å²) in [6, 6.07) is 13.6. The molecule has 1 aliphatic rings. The van der Waals surface area contributed by atoms with Crippen LogP contribution in [0.15, 0.2) is 48.5 Å². The number of halogens is 1. The lowest BCUT2D eigenvalue weighted by atomic mass is 10.0. The number of rotatable bonds is 6. The summed E-state index contributed by atoms with van der Waals surface area (Å²) in [4.78, 5) is 29.6. The number of quaternary nitrogens is 2. The Morgan fingerprint density at radius 1 is 0.968 bits per heavy atom. The van der Waals surface area contributed by atoms with Crippen LogP contribution in [-0.4, -0.2) is 65.7 Å². The largest absolute Gasteiger partial charge is 0.378 e. The van der Waals surface area contributed by atoms with Crippen molar-refractivity contribution in [2.45, 2.75) is 6.04 Å². The number of likely N-dealkylation sites (N-methyl/N-ethyl adjacent to an activating group) is 1. The van der Waals surface area contributed by atoms with E-state index >= 15 is 0 Å². The number of hydrogen-bond acceptors (Lipinski definition) is 3. The van der Waals surface area contributed by atoms with Crippen LogP contribution in [0.3, 0.4) is 0 Å². The van der Waals surface area contributed by atoms with Crippen LogP contribution in [0.4, 0.5) is 15.8 Å². The predicted molar refractivity (Wildman–Crippen MR) is 119 cm³/mol. The average Bonchev–Trinajstić information content (AvgIpc) is 2.76. The number of nitrogens with one attached hydrogen (secondary N) is 4. The van der Waals surface area contributed by atoms with Gasteiger partial charge in [-0.25, -0.2) is 4.39 Å². The highest BCUT2D eigenvalue weighted by Crippen LogP contribution is 2.15. The molecule has 7 nitrogen and oxygen atoms in total. The Bertz CT molecular complexity index is 878. The molecule has 0 saturated carbocycles. The summed E-state index contributed by atoms with van der Waals surface area (Å²) < 4.78 is 13.4. The Balaban J connectivity index is 1.62. The lowest BCUT2D eigenvalue weighted by Crippen LogP contribution is -3.27. The highest BCUT2D eigenvalue weighted by Gasteiger charge is 2.30. The highest BCUT2D eigenvalue weighted by molar-refractivity contribution is 6.39. The van der Waals surface area contributed by atoms with Gasteiger partial charge in [0.25, 0.3) is 0 Å². The lowest BCUT2D eigenvalue weighted by molar-refractivity contribution is -1.02. The van der Waals surface area contributed by atoms with Crippen molar-refractivity contribution in [3.63, 3.8) is 0 Å². The van der Waals surface area contributed by atoms with Gasteiger partial charge in [-0.15, -0.1) is 0 Å². The monoisotopic (exact) mass is 429 g/mol. The molecule has 1 aliphatic heterocycles. The fraction of sp³-hybridized carbons (Fsp3) is 0.391. The standard InChI is InChI=1S/C23H30FN5O2/c1-27(2)20-10-8-19(9-11-20)26-23(31)22(30)25-16-21(17-4-6-18(24)7-5-17)29-14-12-28(3)13-15-29/h4-11,21H,12-16H2,1-3H3,(H,25,30)(H,26,31)/p+2/t21-/m0/s1. The summed E-state index contributed by atoms with van der Waals surface area (Å²) in [5.74, 6) is -1.67. The van der Waals surface area contributed by atoms with E-state index in [9.17, 15) is 14.0 Å². The molecule has 31 heavy (non-hydrogen) atoms. The number of piperazine rings is 1. The van der Waals surface area contributed by atoms with Gasteiger partial charge in [0.1, 0.15) is 38.0 Å². The van der Waals surface area contributed by atoms with Gasteiger partial charge in [-0.1, -0.05) is 12.1 Å². The molecule has 1 heterocycles. The van der Waals surface area contributed by atoms with E-state index in [0.717, 1.165) is 37.4 Å². The van der Waals surface area contributed by atoms with Crippen molar-refractivity contribution in [3.8, 4) is 0 Å². The predicted octanol–water partition coefficient (Wildman–Crippen LogP) is -0.899. The third-order valence-electron chi connectivity index (χ3n) is 5.83. The molecule has 4 N–H and O–H groups in total. The molecular weight excluding hydrogens is 397 g/mol. The van der Waals surface area contributed by atoms with Gasteiger partial charge in [0.15, 0.2) is 0 Å². The number of anilines is 2. The second-order valence-corrected chi connectivity index (χ2v) is 8.32. The molecular formula is C23H32FN5O2+2. The Labute approximate surface area is 182 Å². The second kappa shape index (κ2) is 10.4. The molecule has 2 amide bonds. The normalized spacial score (nSPS) is 19.4. The molecule has 1 fully saturated rings. The minimum atomic E-state index is -0.701. The summed E-state index contributed by atoms with van der Waals surface area (Å²) >= 11 is 0. The van der Waals surface area contributed by atoms with E-state index in [-0.39, 0.29) is 11.9 Å². The first-order valence-corrected chi connectivity index (χ1v) is 10.6. The molecule has 1 atom stereocenters. The van der Waals surface area contributed by atoms with E-state index in [0.29, 0.717) is 12.2 Å². The van der Waals surface area contributed by atoms with Crippen molar-refractivity contribution in [1.29, 1.82) is 0 Å². The minimum Gasteiger partial charge on any atom is -0.378 e. The second-order valence-electron chi connectivity index (χ2n) is 8.32. The number of hydrogen-bond donors (Lipinski definition) is 4. The van der Waals surface area contributed by atoms with Crippen molar-refractivity contribution in [1.82, 2.24) is 5.32 Å². The van der Waals surface area contributed by atoms with Gasteiger partial charge < -0.3 is 25.3 Å². The zero-order chi connectivity index (χ0) is 22.4. The van der Waals surface area contributed by atoms with Gasteiger partial charge in [-0.05, 0) is 36.4 Å². The van der Waals surface area contributed by atoms with Crippen molar-refractivity contribution in [2.75, 3.05) is 64.1 Å². The van der Waals surface area contributed by atoms with Crippen LogP contribution in [0, 0.1) is 5.82 Å². The molecule has 2 aromatic carbocycles. The molecule has 0 spiro atoms. The molecule has 0 bridgehead atoms. The summed E-state index contributed by atoms with van der Waals surface area (Å²) in [5.41, 5.74) is 2.52. The summed E-state index contributed by atoms with van der Waals surface area (Å²) in [6.07, 6.45) is 0. The van der Waals surface area contributed by atoms with E-state index < -0.39 is 11.8 Å². The summed E-state index contributed by atoms with van der Waals surface area (Å²) in [6.45, 7) is 4.28. The maximum Gasteiger partial charge on any atom is 0.313 e. The topological polar surface area (TPSA) is 70.3 Å². The molecule has 0 radical (unpaired) electrons. The molecule has 0 unspecified atom stereocenters. The van der Waals surface area contributed by atoms with Gasteiger partial charge in [0.2, 0.25) is 0 Å². The van der Waals surface area contributed by atoms with Crippen LogP contribution in [-0.2, 0) is 9.59 Å². The van der Waals surface area contributed by atoms with E-state index in [1.165, 1.54) is 21.9 Å². The minimum absolute atomic E-state index is 0.0372. The number of amides is 2. The summed E-state index contributed by atoms with van der Waals surface area (Å²) in [5, 5.41) is 5.41. The molecule has 2 aromatic rings. The van der Waals surface area contributed by atoms with Crippen LogP contribution in [0.1, 0.15) is 11.6 Å². The molecule has 0 aromatic heterocycles. The third kappa shape index (κ3) is 6.26. The van der Waals surface area contributed by atoms with Gasteiger partial charge in [-0.2, -0.15) is 0 Å². The SMILES string of the molecule is CN(C)c1ccc(NC(=O)C(=O)NC[C@@H](c2ccc(F)cc2)[NH+]2CC[NH+](C)CC2)cc1. The van der Waals surface area contributed by atoms with Crippen LogP contribution in [0.2, 0.25) is 0 Å². The molecule has 166 valence electrons. The van der Waals surface area contributed by atoms with Crippen molar-refractivity contribution < 1.29 is 23.8 Å². The van der Waals surface area contributed by atoms with E-state index in [1.807, 2.05) is 31.1 Å². The van der Waals surface area contributed by atoms with Gasteiger partial charge in [0.05, 0.1) is 13.6 Å². The zero-order valence-electron chi connectivity index (χ0n) is 18.4. The lowest BCUT2D eigenvalue weighted by Gasteiger charge is -2.33. The third-order valence-corrected chi connectivity index (χ3v) is 5.83. The Morgan fingerprint density at radius 3 is 2.16 bits per heavy atom. The maximum absolute atomic E-state index is 13.4. The van der Waals surface area contributed by atoms with Crippen LogP contribution in [0.5, 0.6) is 0 Å². The van der Waals surface area contributed by atoms with Crippen LogP contribution in [0.25, 0.3) is 0 Å². The molecule has 3 rings (SSSR count). The van der Waals surface area contributed by atoms with Crippen molar-refractivity contribution in [2.24, 2.45) is 0 Å². The molecule has 1 saturated heterocycles. The van der Waals surface area contributed by atoms with Crippen LogP contribution >= 0.6 is 0 Å². The number of nitrogens with zero attached hydrogens (tertiary/aromatic N) is 1. The van der Waals surface area contributed by atoms with E-state index in [2.05, 4.69) is 17.7 Å². The first-order valence-electron chi connectivity index (χ1n) is 10.6. The quantitative estimate of drug-likeness (QED) is 0.450. The molecule has 0 aliphatic carbocycles. The zero-order valence-corrected chi connectivity index (χ0v) is 18.4. The Kier molecular flexibility index (Phi) is 7.59. The fourth-order valence-corrected chi connectivity index (χ4v) is 3.85. The van der Waals surface area contributed by atoms with Gasteiger partial charge in [-0.3, -0.25) is 9.59 Å². The molecule has 8 heteroatoms. The maximum atomic E-state index is 13.4. The van der Waals surface area contributed by atoms with Crippen LogP contribution < -0.4 is 25.3 Å². The highest BCUT2D eigenvalue weighted by atomic mass is 19.1. The number of benzene rings is 2. The summed E-state index contributed by atoms with van der Waals surface area (Å²) in [7, 11) is 6.03. The number of carbonyl (C=O) groups excluding carboxylic acids is 2. The van der Waals surface area contributed by atoms with Gasteiger partial charge in [0, 0.05) is 31.0 Å². The first kappa shape index (κ1) is 22.7. The van der Waals surface area contributed by atoms with Crippen molar-refractivity contribution in [3.05, 3.63) is 59.9 Å².